The van der Waals surface area contributed by atoms with E-state index in [0.29, 0.717) is 26.0 Å². The molecule has 0 saturated carbocycles. The second-order valence-electron chi connectivity index (χ2n) is 6.22. The van der Waals surface area contributed by atoms with Gasteiger partial charge in [0.15, 0.2) is 0 Å². The number of allylic oxidation sites excluding steroid dienone is 6. The van der Waals surface area contributed by atoms with E-state index in [2.05, 4.69) is 9.97 Å². The van der Waals surface area contributed by atoms with Gasteiger partial charge in [-0.2, -0.15) is 0 Å². The van der Waals surface area contributed by atoms with E-state index >= 15 is 0 Å². The number of carbonyl (C=O) groups excluding carboxylic acids is 1. The predicted octanol–water partition coefficient (Wildman–Crippen LogP) is 4.57. The molecule has 0 fully saturated rings. The Kier molecular flexibility index (Phi) is 5.84. The number of nitrogens with zero attached hydrogens (tertiary/aromatic N) is 3. The Bertz CT molecular complexity index is 1200. The Morgan fingerprint density at radius 1 is 1.29 bits per heavy atom. The van der Waals surface area contributed by atoms with E-state index in [1.54, 1.807) is 13.0 Å². The van der Waals surface area contributed by atoms with Crippen LogP contribution >= 0.6 is 11.3 Å². The third-order valence-corrected chi connectivity index (χ3v) is 5.23. The summed E-state index contributed by atoms with van der Waals surface area (Å²) in [4.78, 5) is 34.4. The van der Waals surface area contributed by atoms with Crippen LogP contribution in [0.15, 0.2) is 53.3 Å². The number of pyridine rings is 1. The van der Waals surface area contributed by atoms with Crippen molar-refractivity contribution in [2.24, 2.45) is 0 Å². The van der Waals surface area contributed by atoms with Crippen LogP contribution in [0.25, 0.3) is 26.1 Å². The van der Waals surface area contributed by atoms with Gasteiger partial charge in [-0.15, -0.1) is 11.3 Å². The van der Waals surface area contributed by atoms with Gasteiger partial charge in [0.25, 0.3) is 5.56 Å². The lowest BCUT2D eigenvalue weighted by Crippen LogP contribution is -2.17. The maximum atomic E-state index is 13.0. The topological polar surface area (TPSA) is 74.1 Å². The van der Waals surface area contributed by atoms with E-state index in [0.717, 1.165) is 11.3 Å². The molecule has 6 nitrogen and oxygen atoms in total. The Hall–Kier alpha value is -3.06. The van der Waals surface area contributed by atoms with Crippen molar-refractivity contribution >= 4 is 43.4 Å². The number of carbonyl (C=O) groups is 1. The van der Waals surface area contributed by atoms with Crippen LogP contribution in [0.2, 0.25) is 0 Å². The van der Waals surface area contributed by atoms with Gasteiger partial charge in [0.1, 0.15) is 15.9 Å². The molecule has 3 heterocycles. The Morgan fingerprint density at radius 3 is 2.79 bits per heavy atom. The monoisotopic (exact) mass is 395 g/mol. The Balaban J connectivity index is 2.10. The van der Waals surface area contributed by atoms with Gasteiger partial charge in [-0.25, -0.2) is 14.8 Å². The molecule has 0 radical (unpaired) electrons. The summed E-state index contributed by atoms with van der Waals surface area (Å²) in [7, 11) is 0. The average molecular weight is 395 g/mol. The molecule has 0 aromatic carbocycles. The maximum absolute atomic E-state index is 13.0. The minimum absolute atomic E-state index is 0.156. The maximum Gasteiger partial charge on any atom is 0.339 e. The molecule has 144 valence electrons. The number of hydrogen-bond donors (Lipinski definition) is 0. The molecular weight excluding hydrogens is 374 g/mol. The van der Waals surface area contributed by atoms with Crippen LogP contribution in [0.4, 0.5) is 0 Å². The van der Waals surface area contributed by atoms with Gasteiger partial charge in [0.05, 0.1) is 17.7 Å². The molecular formula is C21H21N3O3S. The first-order chi connectivity index (χ1) is 13.5. The van der Waals surface area contributed by atoms with Crippen LogP contribution < -0.4 is 5.56 Å². The van der Waals surface area contributed by atoms with Crippen LogP contribution in [0.3, 0.4) is 0 Å². The summed E-state index contributed by atoms with van der Waals surface area (Å²) in [6.07, 6.45) is 10.8. The van der Waals surface area contributed by atoms with Crippen LogP contribution in [0.1, 0.15) is 38.1 Å². The molecule has 28 heavy (non-hydrogen) atoms. The lowest BCUT2D eigenvalue weighted by atomic mass is 10.2. The van der Waals surface area contributed by atoms with Crippen LogP contribution in [0.5, 0.6) is 0 Å². The number of thiophene rings is 1. The molecule has 0 saturated heterocycles. The van der Waals surface area contributed by atoms with E-state index in [1.807, 2.05) is 45.1 Å². The van der Waals surface area contributed by atoms with Crippen molar-refractivity contribution in [3.63, 3.8) is 0 Å². The van der Waals surface area contributed by atoms with Gasteiger partial charge in [0.2, 0.25) is 0 Å². The highest BCUT2D eigenvalue weighted by Crippen LogP contribution is 2.29. The van der Waals surface area contributed by atoms with Crippen molar-refractivity contribution < 1.29 is 9.53 Å². The minimum atomic E-state index is -0.438. The standard InChI is InChI=1S/C21H21N3O3S/c1-5-7-13(3)8-9-14(4)24-12-23-17-16-10-15(21(26)27-6-2)11-22-19(16)28-18(17)20(24)25/h5,7-12H,6H2,1-4H3/b7-5-,13-8-,14-9+. The van der Waals surface area contributed by atoms with Crippen LogP contribution in [-0.4, -0.2) is 27.1 Å². The third kappa shape index (κ3) is 3.80. The molecule has 3 aromatic heterocycles. The fourth-order valence-electron chi connectivity index (χ4n) is 2.75. The summed E-state index contributed by atoms with van der Waals surface area (Å²) >= 11 is 1.27. The molecule has 0 bridgehead atoms. The summed E-state index contributed by atoms with van der Waals surface area (Å²) in [6, 6.07) is 1.68. The molecule has 0 aliphatic carbocycles. The molecule has 0 aliphatic heterocycles. The van der Waals surface area contributed by atoms with Crippen molar-refractivity contribution in [1.29, 1.82) is 0 Å². The number of ether oxygens (including phenoxy) is 1. The summed E-state index contributed by atoms with van der Waals surface area (Å²) < 4.78 is 7.05. The van der Waals surface area contributed by atoms with Crippen molar-refractivity contribution in [1.82, 2.24) is 14.5 Å². The average Bonchev–Trinajstić information content (AvgIpc) is 3.06. The first-order valence-corrected chi connectivity index (χ1v) is 9.73. The van der Waals surface area contributed by atoms with E-state index in [-0.39, 0.29) is 12.2 Å². The zero-order valence-electron chi connectivity index (χ0n) is 16.2. The largest absolute Gasteiger partial charge is 0.462 e. The lowest BCUT2D eigenvalue weighted by molar-refractivity contribution is 0.0526. The van der Waals surface area contributed by atoms with Gasteiger partial charge in [-0.3, -0.25) is 9.36 Å². The fourth-order valence-corrected chi connectivity index (χ4v) is 3.76. The quantitative estimate of drug-likeness (QED) is 0.467. The van der Waals surface area contributed by atoms with Gasteiger partial charge in [0, 0.05) is 17.3 Å². The number of aromatic nitrogens is 3. The van der Waals surface area contributed by atoms with E-state index < -0.39 is 5.97 Å². The van der Waals surface area contributed by atoms with Crippen LogP contribution in [0, 0.1) is 0 Å². The lowest BCUT2D eigenvalue weighted by Gasteiger charge is -2.04. The van der Waals surface area contributed by atoms with E-state index in [4.69, 9.17) is 4.74 Å². The molecule has 0 spiro atoms. The zero-order valence-corrected chi connectivity index (χ0v) is 17.0. The third-order valence-electron chi connectivity index (χ3n) is 4.14. The molecule has 0 aliphatic rings. The highest BCUT2D eigenvalue weighted by atomic mass is 32.1. The number of hydrogen-bond acceptors (Lipinski definition) is 6. The Morgan fingerprint density at radius 2 is 2.07 bits per heavy atom. The highest BCUT2D eigenvalue weighted by molar-refractivity contribution is 7.25. The molecule has 7 heteroatoms. The molecule has 0 unspecified atom stereocenters. The summed E-state index contributed by atoms with van der Waals surface area (Å²) in [5.74, 6) is -0.438. The van der Waals surface area contributed by atoms with Gasteiger partial charge in [-0.05, 0) is 39.8 Å². The van der Waals surface area contributed by atoms with E-state index in [9.17, 15) is 9.59 Å². The molecule has 3 aromatic rings. The fraction of sp³-hybridized carbons (Fsp3) is 0.238. The minimum Gasteiger partial charge on any atom is -0.462 e. The molecule has 0 amide bonds. The van der Waals surface area contributed by atoms with Crippen molar-refractivity contribution in [2.75, 3.05) is 6.61 Å². The zero-order chi connectivity index (χ0) is 20.3. The van der Waals surface area contributed by atoms with Crippen LogP contribution in [-0.2, 0) is 4.74 Å². The Labute approximate surface area is 166 Å². The first kappa shape index (κ1) is 19.7. The second kappa shape index (κ2) is 8.31. The number of rotatable bonds is 5. The molecule has 0 N–H and O–H groups in total. The molecule has 3 rings (SSSR count). The van der Waals surface area contributed by atoms with Crippen molar-refractivity contribution in [2.45, 2.75) is 27.7 Å². The predicted molar refractivity (Wildman–Crippen MR) is 114 cm³/mol. The highest BCUT2D eigenvalue weighted by Gasteiger charge is 2.16. The number of esters is 1. The smallest absolute Gasteiger partial charge is 0.339 e. The normalized spacial score (nSPS) is 13.0. The van der Waals surface area contributed by atoms with Gasteiger partial charge >= 0.3 is 5.97 Å². The first-order valence-electron chi connectivity index (χ1n) is 8.91. The second-order valence-corrected chi connectivity index (χ2v) is 7.21. The summed E-state index contributed by atoms with van der Waals surface area (Å²) in [5, 5.41) is 0.681. The van der Waals surface area contributed by atoms with Gasteiger partial charge < -0.3 is 4.74 Å². The van der Waals surface area contributed by atoms with Crippen molar-refractivity contribution in [3.8, 4) is 0 Å². The molecule has 0 atom stereocenters. The van der Waals surface area contributed by atoms with Gasteiger partial charge in [-0.1, -0.05) is 23.8 Å². The SMILES string of the molecule is C\C=C/C(C)=C\C=C(/C)n1cnc2c(sc3ncc(C(=O)OCC)cc32)c1=O. The van der Waals surface area contributed by atoms with Crippen molar-refractivity contribution in [3.05, 3.63) is 64.4 Å². The summed E-state index contributed by atoms with van der Waals surface area (Å²) in [5.41, 5.74) is 2.59. The summed E-state index contributed by atoms with van der Waals surface area (Å²) in [6.45, 7) is 7.85. The number of fused-ring (bicyclic) bond motifs is 3. The van der Waals surface area contributed by atoms with E-state index in [1.165, 1.54) is 28.4 Å².